The summed E-state index contributed by atoms with van der Waals surface area (Å²) >= 11 is 0. The van der Waals surface area contributed by atoms with E-state index in [0.29, 0.717) is 24.2 Å². The van der Waals surface area contributed by atoms with Crippen molar-refractivity contribution in [1.82, 2.24) is 10.2 Å². The van der Waals surface area contributed by atoms with Gasteiger partial charge in [-0.2, -0.15) is 0 Å². The highest BCUT2D eigenvalue weighted by Gasteiger charge is 2.35. The van der Waals surface area contributed by atoms with E-state index in [1.807, 2.05) is 11.0 Å². The predicted molar refractivity (Wildman–Crippen MR) is 92.3 cm³/mol. The van der Waals surface area contributed by atoms with Gasteiger partial charge in [-0.1, -0.05) is 12.6 Å². The lowest BCUT2D eigenvalue weighted by Gasteiger charge is -2.35. The highest BCUT2D eigenvalue weighted by atomic mass is 16.4. The normalized spacial score (nSPS) is 22.2. The van der Waals surface area contributed by atoms with Crippen molar-refractivity contribution in [2.75, 3.05) is 5.32 Å². The van der Waals surface area contributed by atoms with Crippen LogP contribution in [0.15, 0.2) is 30.9 Å². The smallest absolute Gasteiger partial charge is 0.404 e. The van der Waals surface area contributed by atoms with Crippen molar-refractivity contribution in [3.05, 3.63) is 42.0 Å². The molecule has 0 aromatic heterocycles. The molecule has 0 unspecified atom stereocenters. The van der Waals surface area contributed by atoms with Gasteiger partial charge in [0.15, 0.2) is 0 Å². The van der Waals surface area contributed by atoms with Gasteiger partial charge in [0, 0.05) is 29.9 Å². The number of amides is 3. The number of carboxylic acid groups (broad SMARTS) is 1. The van der Waals surface area contributed by atoms with Crippen LogP contribution in [0.1, 0.15) is 41.6 Å². The Bertz CT molecular complexity index is 731. The molecule has 0 radical (unpaired) electrons. The number of hydrogen-bond acceptors (Lipinski definition) is 3. The number of hydrogen-bond donors (Lipinski definition) is 3. The van der Waals surface area contributed by atoms with Crippen LogP contribution >= 0.6 is 0 Å². The summed E-state index contributed by atoms with van der Waals surface area (Å²) in [6, 6.07) is 5.22. The monoisotopic (exact) mass is 343 g/mol. The molecule has 3 N–H and O–H groups in total. The first-order chi connectivity index (χ1) is 12.0. The van der Waals surface area contributed by atoms with Gasteiger partial charge in [0.2, 0.25) is 5.91 Å². The summed E-state index contributed by atoms with van der Waals surface area (Å²) in [5.41, 5.74) is 2.08. The maximum absolute atomic E-state index is 12.8. The van der Waals surface area contributed by atoms with Gasteiger partial charge in [-0.15, -0.1) is 0 Å². The number of nitrogens with zero attached hydrogens (tertiary/aromatic N) is 1. The summed E-state index contributed by atoms with van der Waals surface area (Å²) in [4.78, 5) is 36.9. The molecule has 3 rings (SSSR count). The van der Waals surface area contributed by atoms with E-state index in [0.717, 1.165) is 24.8 Å². The molecule has 7 heteroatoms. The molecule has 1 aliphatic carbocycles. The largest absolute Gasteiger partial charge is 0.465 e. The number of carbonyl (C=O) groups is 3. The first-order valence-electron chi connectivity index (χ1n) is 8.34. The predicted octanol–water partition coefficient (Wildman–Crippen LogP) is 2.35. The molecule has 3 amide bonds. The number of anilines is 1. The molecule has 0 bridgehead atoms. The molecule has 0 saturated heterocycles. The van der Waals surface area contributed by atoms with Gasteiger partial charge >= 0.3 is 6.09 Å². The fraction of sp³-hybridized carbons (Fsp3) is 0.389. The van der Waals surface area contributed by atoms with E-state index in [4.69, 9.17) is 5.11 Å². The molecule has 7 nitrogen and oxygen atoms in total. The minimum absolute atomic E-state index is 0.0247. The second kappa shape index (κ2) is 6.96. The number of rotatable bonds is 4. The highest BCUT2D eigenvalue weighted by Crippen LogP contribution is 2.32. The topological polar surface area (TPSA) is 98.7 Å². The van der Waals surface area contributed by atoms with Crippen LogP contribution in [-0.2, 0) is 11.3 Å². The Hall–Kier alpha value is -2.83. The van der Waals surface area contributed by atoms with E-state index in [1.165, 1.54) is 6.08 Å². The summed E-state index contributed by atoms with van der Waals surface area (Å²) in [5, 5.41) is 14.1. The van der Waals surface area contributed by atoms with E-state index in [1.54, 1.807) is 12.1 Å². The molecular weight excluding hydrogens is 322 g/mol. The van der Waals surface area contributed by atoms with Crippen molar-refractivity contribution in [1.29, 1.82) is 0 Å². The van der Waals surface area contributed by atoms with Gasteiger partial charge in [-0.25, -0.2) is 4.79 Å². The van der Waals surface area contributed by atoms with E-state index < -0.39 is 6.09 Å². The maximum atomic E-state index is 12.8. The molecule has 2 atom stereocenters. The van der Waals surface area contributed by atoms with Crippen LogP contribution in [0.4, 0.5) is 10.5 Å². The van der Waals surface area contributed by atoms with E-state index in [-0.39, 0.29) is 23.9 Å². The van der Waals surface area contributed by atoms with Crippen LogP contribution in [-0.4, -0.2) is 40.0 Å². The van der Waals surface area contributed by atoms with Gasteiger partial charge in [0.25, 0.3) is 5.91 Å². The van der Waals surface area contributed by atoms with Crippen LogP contribution in [0, 0.1) is 0 Å². The van der Waals surface area contributed by atoms with Gasteiger partial charge in [0.1, 0.15) is 0 Å². The minimum atomic E-state index is -1.02. The van der Waals surface area contributed by atoms with E-state index in [9.17, 15) is 14.4 Å². The maximum Gasteiger partial charge on any atom is 0.404 e. The summed E-state index contributed by atoms with van der Waals surface area (Å²) in [6.07, 6.45) is 3.35. The fourth-order valence-electron chi connectivity index (χ4n) is 3.64. The molecule has 25 heavy (non-hydrogen) atoms. The van der Waals surface area contributed by atoms with Crippen molar-refractivity contribution >= 4 is 23.6 Å². The Balaban J connectivity index is 1.72. The van der Waals surface area contributed by atoms with Gasteiger partial charge in [0.05, 0.1) is 0 Å². The molecule has 1 aromatic rings. The standard InChI is InChI=1S/C18H21N3O4/c1-2-16(22)19-13-7-6-11-10-21(17(23)15(11)9-13)14-5-3-4-12(8-14)20-18(24)25/h2,6-7,9,12,14,20H,1,3-5,8,10H2,(H,19,22)(H,24,25)/t12-,14+/m1/s1. The average molecular weight is 343 g/mol. The van der Waals surface area contributed by atoms with Crippen molar-refractivity contribution in [2.45, 2.75) is 44.3 Å². The lowest BCUT2D eigenvalue weighted by Crippen LogP contribution is -2.45. The van der Waals surface area contributed by atoms with Crippen LogP contribution in [0.25, 0.3) is 0 Å². The molecule has 1 heterocycles. The molecule has 1 saturated carbocycles. The van der Waals surface area contributed by atoms with Crippen molar-refractivity contribution < 1.29 is 19.5 Å². The summed E-state index contributed by atoms with van der Waals surface area (Å²) < 4.78 is 0. The van der Waals surface area contributed by atoms with Crippen LogP contribution in [0.2, 0.25) is 0 Å². The molecule has 1 aliphatic heterocycles. The zero-order valence-corrected chi connectivity index (χ0v) is 13.8. The summed E-state index contributed by atoms with van der Waals surface area (Å²) in [5.74, 6) is -0.386. The first kappa shape index (κ1) is 17.0. The number of benzene rings is 1. The lowest BCUT2D eigenvalue weighted by atomic mass is 9.90. The number of carbonyl (C=O) groups excluding carboxylic acids is 2. The second-order valence-corrected chi connectivity index (χ2v) is 6.47. The molecule has 2 aliphatic rings. The summed E-state index contributed by atoms with van der Waals surface area (Å²) in [7, 11) is 0. The Morgan fingerprint density at radius 1 is 1.32 bits per heavy atom. The Labute approximate surface area is 145 Å². The molecule has 1 aromatic carbocycles. The zero-order chi connectivity index (χ0) is 18.0. The molecule has 1 fully saturated rings. The van der Waals surface area contributed by atoms with E-state index in [2.05, 4.69) is 17.2 Å². The van der Waals surface area contributed by atoms with Gasteiger partial charge in [-0.3, -0.25) is 9.59 Å². The van der Waals surface area contributed by atoms with Crippen LogP contribution < -0.4 is 10.6 Å². The Morgan fingerprint density at radius 3 is 2.84 bits per heavy atom. The van der Waals surface area contributed by atoms with Crippen LogP contribution in [0.3, 0.4) is 0 Å². The third kappa shape index (κ3) is 3.65. The fourth-order valence-corrected chi connectivity index (χ4v) is 3.64. The lowest BCUT2D eigenvalue weighted by molar-refractivity contribution is -0.111. The SMILES string of the molecule is C=CC(=O)Nc1ccc2c(c1)C(=O)N([C@H]1CCC[C@@H](NC(=O)O)C1)C2. The minimum Gasteiger partial charge on any atom is -0.465 e. The van der Waals surface area contributed by atoms with Crippen molar-refractivity contribution in [3.8, 4) is 0 Å². The summed E-state index contributed by atoms with van der Waals surface area (Å²) in [6.45, 7) is 3.93. The average Bonchev–Trinajstić information content (AvgIpc) is 2.91. The Morgan fingerprint density at radius 2 is 2.12 bits per heavy atom. The quantitative estimate of drug-likeness (QED) is 0.731. The number of nitrogens with one attached hydrogen (secondary N) is 2. The number of fused-ring (bicyclic) bond motifs is 1. The van der Waals surface area contributed by atoms with Crippen LogP contribution in [0.5, 0.6) is 0 Å². The third-order valence-electron chi connectivity index (χ3n) is 4.81. The Kier molecular flexibility index (Phi) is 4.74. The van der Waals surface area contributed by atoms with Crippen molar-refractivity contribution in [3.63, 3.8) is 0 Å². The van der Waals surface area contributed by atoms with Gasteiger partial charge < -0.3 is 20.6 Å². The highest BCUT2D eigenvalue weighted by molar-refractivity contribution is 6.02. The van der Waals surface area contributed by atoms with Crippen molar-refractivity contribution in [2.24, 2.45) is 0 Å². The third-order valence-corrected chi connectivity index (χ3v) is 4.81. The second-order valence-electron chi connectivity index (χ2n) is 6.47. The zero-order valence-electron chi connectivity index (χ0n) is 13.8. The van der Waals surface area contributed by atoms with Gasteiger partial charge in [-0.05, 0) is 49.5 Å². The molecule has 132 valence electrons. The molecule has 0 spiro atoms. The molecular formula is C18H21N3O4. The first-order valence-corrected chi connectivity index (χ1v) is 8.34. The van der Waals surface area contributed by atoms with E-state index >= 15 is 0 Å².